The number of hydrogen-bond donors (Lipinski definition) is 1. The van der Waals surface area contributed by atoms with Gasteiger partial charge in [-0.2, -0.15) is 0 Å². The molecule has 1 aliphatic rings. The Morgan fingerprint density at radius 2 is 2.38 bits per heavy atom. The maximum Gasteiger partial charge on any atom is 0.0478 e. The van der Waals surface area contributed by atoms with E-state index in [2.05, 4.69) is 33.9 Å². The van der Waals surface area contributed by atoms with Gasteiger partial charge < -0.3 is 5.73 Å². The van der Waals surface area contributed by atoms with Crippen LogP contribution in [0.5, 0.6) is 0 Å². The van der Waals surface area contributed by atoms with E-state index in [0.717, 1.165) is 24.0 Å². The van der Waals surface area contributed by atoms with Crippen molar-refractivity contribution < 1.29 is 0 Å². The lowest BCUT2D eigenvalue weighted by atomic mass is 9.83. The van der Waals surface area contributed by atoms with Crippen molar-refractivity contribution in [2.24, 2.45) is 16.1 Å². The predicted molar refractivity (Wildman–Crippen MR) is 61.4 cm³/mol. The fraction of sp³-hybridized carbons (Fsp3) is 0.700. The first-order valence-electron chi connectivity index (χ1n) is 4.74. The summed E-state index contributed by atoms with van der Waals surface area (Å²) in [5, 5.41) is 0. The number of halogens is 1. The summed E-state index contributed by atoms with van der Waals surface area (Å²) in [7, 11) is 0. The van der Waals surface area contributed by atoms with Crippen LogP contribution in [0.2, 0.25) is 0 Å². The molecule has 1 atom stereocenters. The molecule has 1 heterocycles. The summed E-state index contributed by atoms with van der Waals surface area (Å²) in [4.78, 5) is 4.32. The molecule has 1 rings (SSSR count). The summed E-state index contributed by atoms with van der Waals surface area (Å²) < 4.78 is 1.11. The predicted octanol–water partition coefficient (Wildman–Crippen LogP) is 2.48. The summed E-state index contributed by atoms with van der Waals surface area (Å²) in [6.45, 7) is 3.96. The number of unbranched alkanes of at least 4 members (excludes halogenated alkanes) is 1. The van der Waals surface area contributed by atoms with Crippen molar-refractivity contribution in [3.05, 3.63) is 10.6 Å². The number of allylic oxidation sites excluding steroid dienone is 1. The number of rotatable bonds is 4. The lowest BCUT2D eigenvalue weighted by Crippen LogP contribution is -2.21. The van der Waals surface area contributed by atoms with E-state index in [4.69, 9.17) is 5.73 Å². The molecule has 0 bridgehead atoms. The fourth-order valence-corrected chi connectivity index (χ4v) is 2.28. The van der Waals surface area contributed by atoms with Crippen LogP contribution in [-0.4, -0.2) is 19.3 Å². The van der Waals surface area contributed by atoms with Gasteiger partial charge in [0.15, 0.2) is 0 Å². The van der Waals surface area contributed by atoms with Crippen LogP contribution in [-0.2, 0) is 0 Å². The molecule has 0 saturated carbocycles. The summed E-state index contributed by atoms with van der Waals surface area (Å²) in [5.74, 6) is 0. The lowest BCUT2D eigenvalue weighted by molar-refractivity contribution is 0.385. The zero-order valence-corrected chi connectivity index (χ0v) is 9.68. The molecule has 0 aromatic heterocycles. The molecule has 1 aliphatic heterocycles. The molecule has 3 heteroatoms. The van der Waals surface area contributed by atoms with Crippen molar-refractivity contribution in [3.63, 3.8) is 0 Å². The van der Waals surface area contributed by atoms with Gasteiger partial charge in [0, 0.05) is 22.7 Å². The van der Waals surface area contributed by atoms with Crippen molar-refractivity contribution in [2.45, 2.75) is 26.2 Å². The van der Waals surface area contributed by atoms with Crippen LogP contribution in [0.1, 0.15) is 26.2 Å². The number of nitrogens with two attached hydrogens (primary N) is 1. The lowest BCUT2D eigenvalue weighted by Gasteiger charge is -2.26. The van der Waals surface area contributed by atoms with Crippen molar-refractivity contribution in [1.82, 2.24) is 0 Å². The van der Waals surface area contributed by atoms with Crippen LogP contribution in [0.3, 0.4) is 0 Å². The average Bonchev–Trinajstić information content (AvgIpc) is 2.04. The van der Waals surface area contributed by atoms with E-state index in [-0.39, 0.29) is 5.41 Å². The van der Waals surface area contributed by atoms with Crippen molar-refractivity contribution in [3.8, 4) is 0 Å². The highest BCUT2D eigenvalue weighted by Crippen LogP contribution is 2.31. The van der Waals surface area contributed by atoms with E-state index in [1.54, 1.807) is 0 Å². The Balaban J connectivity index is 2.43. The summed E-state index contributed by atoms with van der Waals surface area (Å²) in [6, 6.07) is 0. The Kier molecular flexibility index (Phi) is 4.13. The quantitative estimate of drug-likeness (QED) is 0.759. The molecule has 2 nitrogen and oxygen atoms in total. The van der Waals surface area contributed by atoms with Gasteiger partial charge in [-0.1, -0.05) is 19.4 Å². The van der Waals surface area contributed by atoms with Crippen LogP contribution in [0.25, 0.3) is 0 Å². The molecule has 0 spiro atoms. The van der Waals surface area contributed by atoms with E-state index >= 15 is 0 Å². The fourth-order valence-electron chi connectivity index (χ4n) is 1.58. The molecule has 0 aromatic carbocycles. The zero-order chi connectivity index (χ0) is 9.73. The number of nitrogens with zero attached hydrogens (tertiary/aromatic N) is 1. The molecule has 0 aromatic rings. The van der Waals surface area contributed by atoms with Crippen molar-refractivity contribution >= 4 is 22.1 Å². The minimum absolute atomic E-state index is 0.239. The highest BCUT2D eigenvalue weighted by Gasteiger charge is 2.22. The third-order valence-corrected chi connectivity index (χ3v) is 2.79. The second-order valence-corrected chi connectivity index (χ2v) is 4.81. The monoisotopic (exact) mass is 244 g/mol. The first-order valence-corrected chi connectivity index (χ1v) is 5.54. The molecule has 0 radical (unpaired) electrons. The molecular formula is C10H17BrN2. The standard InChI is InChI=1S/C10H17BrN2/c1-10(4-2-3-5-12)6-9(11)7-13-8-10/h6-7H,2-5,8,12H2,1H3. The maximum absolute atomic E-state index is 5.46. The highest BCUT2D eigenvalue weighted by atomic mass is 79.9. The van der Waals surface area contributed by atoms with E-state index in [1.807, 2.05) is 6.21 Å². The third-order valence-electron chi connectivity index (χ3n) is 2.36. The smallest absolute Gasteiger partial charge is 0.0478 e. The molecule has 13 heavy (non-hydrogen) atoms. The minimum atomic E-state index is 0.239. The number of aliphatic imine (C=N–C) groups is 1. The summed E-state index contributed by atoms with van der Waals surface area (Å²) >= 11 is 3.46. The molecule has 0 saturated heterocycles. The summed E-state index contributed by atoms with van der Waals surface area (Å²) in [5.41, 5.74) is 5.70. The Morgan fingerprint density at radius 1 is 1.62 bits per heavy atom. The van der Waals surface area contributed by atoms with Gasteiger partial charge in [0.25, 0.3) is 0 Å². The Morgan fingerprint density at radius 3 is 3.00 bits per heavy atom. The first kappa shape index (κ1) is 10.9. The van der Waals surface area contributed by atoms with Crippen molar-refractivity contribution in [2.75, 3.05) is 13.1 Å². The molecule has 1 unspecified atom stereocenters. The first-order chi connectivity index (χ1) is 6.16. The van der Waals surface area contributed by atoms with Gasteiger partial charge in [-0.25, -0.2) is 0 Å². The minimum Gasteiger partial charge on any atom is -0.330 e. The van der Waals surface area contributed by atoms with Gasteiger partial charge in [-0.15, -0.1) is 0 Å². The van der Waals surface area contributed by atoms with Gasteiger partial charge in [0.2, 0.25) is 0 Å². The molecular weight excluding hydrogens is 228 g/mol. The van der Waals surface area contributed by atoms with Gasteiger partial charge in [0.05, 0.1) is 0 Å². The normalized spacial score (nSPS) is 27.5. The third kappa shape index (κ3) is 3.61. The van der Waals surface area contributed by atoms with Gasteiger partial charge in [-0.05, 0) is 35.3 Å². The van der Waals surface area contributed by atoms with E-state index in [1.165, 1.54) is 12.8 Å². The van der Waals surface area contributed by atoms with E-state index in [0.29, 0.717) is 0 Å². The highest BCUT2D eigenvalue weighted by molar-refractivity contribution is 9.12. The second kappa shape index (κ2) is 4.91. The van der Waals surface area contributed by atoms with Crippen LogP contribution in [0, 0.1) is 5.41 Å². The van der Waals surface area contributed by atoms with Gasteiger partial charge in [0.1, 0.15) is 0 Å². The Labute approximate surface area is 88.4 Å². The largest absolute Gasteiger partial charge is 0.330 e. The summed E-state index contributed by atoms with van der Waals surface area (Å²) in [6.07, 6.45) is 7.63. The Bertz CT molecular complexity index is 223. The SMILES string of the molecule is CC1(CCCCN)C=C(Br)C=NC1. The maximum atomic E-state index is 5.46. The van der Waals surface area contributed by atoms with Crippen LogP contribution in [0.4, 0.5) is 0 Å². The van der Waals surface area contributed by atoms with Gasteiger partial charge in [-0.3, -0.25) is 4.99 Å². The second-order valence-electron chi connectivity index (χ2n) is 3.90. The van der Waals surface area contributed by atoms with Crippen molar-refractivity contribution in [1.29, 1.82) is 0 Å². The topological polar surface area (TPSA) is 38.4 Å². The average molecular weight is 245 g/mol. The molecule has 0 fully saturated rings. The molecule has 0 aliphatic carbocycles. The van der Waals surface area contributed by atoms with Crippen LogP contribution >= 0.6 is 15.9 Å². The van der Waals surface area contributed by atoms with E-state index in [9.17, 15) is 0 Å². The van der Waals surface area contributed by atoms with Crippen LogP contribution < -0.4 is 5.73 Å². The van der Waals surface area contributed by atoms with Gasteiger partial charge >= 0.3 is 0 Å². The molecule has 2 N–H and O–H groups in total. The number of hydrogen-bond acceptors (Lipinski definition) is 2. The molecule has 74 valence electrons. The van der Waals surface area contributed by atoms with E-state index < -0.39 is 0 Å². The van der Waals surface area contributed by atoms with Crippen LogP contribution in [0.15, 0.2) is 15.6 Å². The number of dihydropyridines is 1. The molecule has 0 amide bonds. The zero-order valence-electron chi connectivity index (χ0n) is 8.09. The Hall–Kier alpha value is -0.150.